The Morgan fingerprint density at radius 2 is 0.643 bits per heavy atom. The standard InChI is InChI=1S/C65H45N5/c1-42-25-29-44(30-26-42)48-33-36-60-54(39-48)51-19-9-12-22-57(51)69(60)58-23-13-11-21-53(58)56-41-50(65-67-63(46-15-5-3-6-16-46)66-64(68-65)47-17-7-4-8-18-47)35-38-62(56)70-59-24-14-10-20-52(59)55-40-49(34-37-61(55)70)45-31-27-43(2)28-32-45/h3-41H,1-2H3. The number of aryl methyl sites for hydroxylation is 2. The Kier molecular flexibility index (Phi) is 9.88. The summed E-state index contributed by atoms with van der Waals surface area (Å²) in [6.07, 6.45) is 0. The molecule has 0 saturated heterocycles. The highest BCUT2D eigenvalue weighted by Crippen LogP contribution is 2.43. The molecule has 3 aromatic heterocycles. The number of para-hydroxylation sites is 3. The molecular formula is C65H45N5. The van der Waals surface area contributed by atoms with Gasteiger partial charge in [-0.2, -0.15) is 0 Å². The number of rotatable bonds is 8. The first-order valence-electron chi connectivity index (χ1n) is 23.8. The highest BCUT2D eigenvalue weighted by atomic mass is 15.0. The summed E-state index contributed by atoms with van der Waals surface area (Å²) in [7, 11) is 0. The van der Waals surface area contributed by atoms with E-state index in [0.29, 0.717) is 17.5 Å². The molecule has 0 saturated carbocycles. The number of nitrogens with zero attached hydrogens (tertiary/aromatic N) is 5. The van der Waals surface area contributed by atoms with Gasteiger partial charge in [-0.15, -0.1) is 0 Å². The topological polar surface area (TPSA) is 48.5 Å². The van der Waals surface area contributed by atoms with Crippen LogP contribution in [0.2, 0.25) is 0 Å². The molecule has 5 heteroatoms. The zero-order chi connectivity index (χ0) is 46.7. The van der Waals surface area contributed by atoms with Gasteiger partial charge in [0.05, 0.1) is 33.4 Å². The molecule has 0 unspecified atom stereocenters. The molecule has 3 heterocycles. The normalized spacial score (nSPS) is 11.6. The van der Waals surface area contributed by atoms with E-state index in [1.807, 2.05) is 36.4 Å². The van der Waals surface area contributed by atoms with Crippen molar-refractivity contribution in [3.8, 4) is 78.9 Å². The van der Waals surface area contributed by atoms with E-state index in [1.165, 1.54) is 54.9 Å². The van der Waals surface area contributed by atoms with Crippen LogP contribution in [0.4, 0.5) is 0 Å². The van der Waals surface area contributed by atoms with Crippen molar-refractivity contribution in [3.05, 3.63) is 248 Å². The summed E-state index contributed by atoms with van der Waals surface area (Å²) in [4.78, 5) is 15.5. The first-order chi connectivity index (χ1) is 34.5. The molecule has 0 bridgehead atoms. The zero-order valence-electron chi connectivity index (χ0n) is 38.8. The highest BCUT2D eigenvalue weighted by molar-refractivity contribution is 6.13. The third-order valence-corrected chi connectivity index (χ3v) is 13.7. The summed E-state index contributed by atoms with van der Waals surface area (Å²) in [5, 5.41) is 4.80. The van der Waals surface area contributed by atoms with E-state index in [2.05, 4.69) is 223 Å². The average molecular weight is 896 g/mol. The summed E-state index contributed by atoms with van der Waals surface area (Å²) in [6.45, 7) is 4.27. The van der Waals surface area contributed by atoms with Crippen molar-refractivity contribution in [3.63, 3.8) is 0 Å². The maximum absolute atomic E-state index is 5.23. The molecule has 0 aliphatic heterocycles. The second-order valence-electron chi connectivity index (χ2n) is 18.2. The molecular weight excluding hydrogens is 851 g/mol. The lowest BCUT2D eigenvalue weighted by Crippen LogP contribution is -2.03. The lowest BCUT2D eigenvalue weighted by Gasteiger charge is -2.20. The van der Waals surface area contributed by atoms with Crippen LogP contribution in [0.25, 0.3) is 123 Å². The van der Waals surface area contributed by atoms with E-state index in [-0.39, 0.29) is 0 Å². The minimum absolute atomic E-state index is 0.600. The van der Waals surface area contributed by atoms with E-state index in [1.54, 1.807) is 0 Å². The summed E-state index contributed by atoms with van der Waals surface area (Å²) in [5.74, 6) is 1.85. The maximum atomic E-state index is 5.23. The van der Waals surface area contributed by atoms with Gasteiger partial charge in [0.2, 0.25) is 0 Å². The summed E-state index contributed by atoms with van der Waals surface area (Å²) in [5.41, 5.74) is 18.8. The molecule has 10 aromatic carbocycles. The molecule has 0 fully saturated rings. The van der Waals surface area contributed by atoms with Gasteiger partial charge < -0.3 is 9.13 Å². The van der Waals surface area contributed by atoms with Crippen molar-refractivity contribution in [2.75, 3.05) is 0 Å². The van der Waals surface area contributed by atoms with Gasteiger partial charge in [-0.1, -0.05) is 187 Å². The van der Waals surface area contributed by atoms with Crippen LogP contribution in [-0.4, -0.2) is 24.1 Å². The van der Waals surface area contributed by atoms with Crippen molar-refractivity contribution < 1.29 is 0 Å². The number of fused-ring (bicyclic) bond motifs is 6. The van der Waals surface area contributed by atoms with Crippen LogP contribution in [0.1, 0.15) is 11.1 Å². The fourth-order valence-electron chi connectivity index (χ4n) is 10.2. The van der Waals surface area contributed by atoms with E-state index in [0.717, 1.165) is 61.3 Å². The number of aromatic nitrogens is 5. The summed E-state index contributed by atoms with van der Waals surface area (Å²) in [6, 6.07) is 84.9. The Bertz CT molecular complexity index is 4050. The van der Waals surface area contributed by atoms with E-state index >= 15 is 0 Å². The fraction of sp³-hybridized carbons (Fsp3) is 0.0308. The SMILES string of the molecule is Cc1ccc(-c2ccc3c(c2)c2ccccc2n3-c2ccccc2-c2cc(-c3nc(-c4ccccc4)nc(-c4ccccc4)n3)ccc2-n2c3ccccc3c3cc(-c4ccc(C)cc4)ccc32)cc1. The second-order valence-corrected chi connectivity index (χ2v) is 18.2. The molecule has 330 valence electrons. The van der Waals surface area contributed by atoms with Crippen LogP contribution in [-0.2, 0) is 0 Å². The van der Waals surface area contributed by atoms with Crippen LogP contribution in [0.15, 0.2) is 237 Å². The Labute approximate surface area is 406 Å². The molecule has 13 aromatic rings. The first kappa shape index (κ1) is 41.0. The van der Waals surface area contributed by atoms with Gasteiger partial charge in [-0.3, -0.25) is 0 Å². The van der Waals surface area contributed by atoms with Gasteiger partial charge in [-0.25, -0.2) is 15.0 Å². The third kappa shape index (κ3) is 7.06. The van der Waals surface area contributed by atoms with Crippen LogP contribution >= 0.6 is 0 Å². The van der Waals surface area contributed by atoms with Gasteiger partial charge >= 0.3 is 0 Å². The maximum Gasteiger partial charge on any atom is 0.164 e. The Morgan fingerprint density at radius 1 is 0.257 bits per heavy atom. The monoisotopic (exact) mass is 895 g/mol. The highest BCUT2D eigenvalue weighted by Gasteiger charge is 2.23. The smallest absolute Gasteiger partial charge is 0.164 e. The van der Waals surface area contributed by atoms with Crippen molar-refractivity contribution in [1.29, 1.82) is 0 Å². The lowest BCUT2D eigenvalue weighted by atomic mass is 9.97. The minimum atomic E-state index is 0.600. The number of hydrogen-bond donors (Lipinski definition) is 0. The molecule has 0 radical (unpaired) electrons. The fourth-order valence-corrected chi connectivity index (χ4v) is 10.2. The molecule has 0 spiro atoms. The van der Waals surface area contributed by atoms with Crippen molar-refractivity contribution >= 4 is 43.6 Å². The molecule has 5 nitrogen and oxygen atoms in total. The Hall–Kier alpha value is -9.19. The number of benzene rings is 10. The largest absolute Gasteiger partial charge is 0.309 e. The molecule has 0 atom stereocenters. The number of hydrogen-bond acceptors (Lipinski definition) is 3. The van der Waals surface area contributed by atoms with Crippen LogP contribution < -0.4 is 0 Å². The van der Waals surface area contributed by atoms with Gasteiger partial charge in [0.1, 0.15) is 0 Å². The molecule has 70 heavy (non-hydrogen) atoms. The van der Waals surface area contributed by atoms with Gasteiger partial charge in [0.15, 0.2) is 17.5 Å². The molecule has 0 aliphatic carbocycles. The Morgan fingerprint density at radius 3 is 1.16 bits per heavy atom. The lowest BCUT2D eigenvalue weighted by molar-refractivity contribution is 1.07. The van der Waals surface area contributed by atoms with Crippen LogP contribution in [0, 0.1) is 13.8 Å². The van der Waals surface area contributed by atoms with Gasteiger partial charge in [0.25, 0.3) is 0 Å². The first-order valence-corrected chi connectivity index (χ1v) is 23.8. The van der Waals surface area contributed by atoms with Crippen molar-refractivity contribution in [1.82, 2.24) is 24.1 Å². The molecule has 0 aliphatic rings. The molecule has 0 N–H and O–H groups in total. The summed E-state index contributed by atoms with van der Waals surface area (Å²) < 4.78 is 4.89. The van der Waals surface area contributed by atoms with Gasteiger partial charge in [0, 0.05) is 49.4 Å². The van der Waals surface area contributed by atoms with E-state index in [4.69, 9.17) is 15.0 Å². The quantitative estimate of drug-likeness (QED) is 0.153. The predicted octanol–water partition coefficient (Wildman–Crippen LogP) is 16.7. The third-order valence-electron chi connectivity index (χ3n) is 13.7. The van der Waals surface area contributed by atoms with E-state index < -0.39 is 0 Å². The zero-order valence-corrected chi connectivity index (χ0v) is 38.8. The van der Waals surface area contributed by atoms with Crippen LogP contribution in [0.5, 0.6) is 0 Å². The van der Waals surface area contributed by atoms with Gasteiger partial charge in [-0.05, 0) is 96.8 Å². The van der Waals surface area contributed by atoms with Crippen molar-refractivity contribution in [2.24, 2.45) is 0 Å². The molecule has 0 amide bonds. The van der Waals surface area contributed by atoms with E-state index in [9.17, 15) is 0 Å². The second kappa shape index (κ2) is 16.8. The van der Waals surface area contributed by atoms with Crippen molar-refractivity contribution in [2.45, 2.75) is 13.8 Å². The van der Waals surface area contributed by atoms with Crippen LogP contribution in [0.3, 0.4) is 0 Å². The Balaban J connectivity index is 1.08. The summed E-state index contributed by atoms with van der Waals surface area (Å²) >= 11 is 0. The average Bonchev–Trinajstić information content (AvgIpc) is 3.93. The molecule has 13 rings (SSSR count). The minimum Gasteiger partial charge on any atom is -0.309 e. The predicted molar refractivity (Wildman–Crippen MR) is 291 cm³/mol.